The Morgan fingerprint density at radius 3 is 2.69 bits per heavy atom. The standard InChI is InChI=1S/C26H28N2O/c1-18-6-2-3-7-23(18)26(29)28(17-22-15-19-10-11-20(22)14-19)13-12-21-16-27-25-9-5-4-8-24(21)25/h2-11,16,19-20,22,27H,12-15,17H2,1H3. The third kappa shape index (κ3) is 3.50. The van der Waals surface area contributed by atoms with Crippen molar-refractivity contribution in [3.8, 4) is 0 Å². The van der Waals surface area contributed by atoms with Crippen molar-refractivity contribution in [2.24, 2.45) is 17.8 Å². The lowest BCUT2D eigenvalue weighted by atomic mass is 9.92. The normalized spacial score (nSPS) is 22.4. The third-order valence-corrected chi connectivity index (χ3v) is 6.86. The number of fused-ring (bicyclic) bond motifs is 3. The van der Waals surface area contributed by atoms with Gasteiger partial charge in [-0.3, -0.25) is 4.79 Å². The zero-order valence-electron chi connectivity index (χ0n) is 17.0. The summed E-state index contributed by atoms with van der Waals surface area (Å²) in [6.45, 7) is 3.65. The summed E-state index contributed by atoms with van der Waals surface area (Å²) >= 11 is 0. The first-order chi connectivity index (χ1) is 14.2. The molecule has 1 amide bonds. The summed E-state index contributed by atoms with van der Waals surface area (Å²) in [6.07, 6.45) is 10.2. The number of rotatable bonds is 6. The van der Waals surface area contributed by atoms with Gasteiger partial charge in [-0.2, -0.15) is 0 Å². The molecule has 2 aromatic carbocycles. The lowest BCUT2D eigenvalue weighted by molar-refractivity contribution is 0.0720. The van der Waals surface area contributed by atoms with E-state index in [4.69, 9.17) is 0 Å². The number of carbonyl (C=O) groups is 1. The minimum absolute atomic E-state index is 0.176. The van der Waals surface area contributed by atoms with E-state index in [9.17, 15) is 4.79 Å². The average molecular weight is 385 g/mol. The Morgan fingerprint density at radius 2 is 1.90 bits per heavy atom. The number of nitrogens with one attached hydrogen (secondary N) is 1. The Labute approximate surface area is 172 Å². The van der Waals surface area contributed by atoms with Crippen LogP contribution in [0.3, 0.4) is 0 Å². The van der Waals surface area contributed by atoms with E-state index in [-0.39, 0.29) is 5.91 Å². The van der Waals surface area contributed by atoms with Crippen LogP contribution in [0.4, 0.5) is 0 Å². The first-order valence-corrected chi connectivity index (χ1v) is 10.8. The molecule has 3 nitrogen and oxygen atoms in total. The minimum Gasteiger partial charge on any atom is -0.361 e. The van der Waals surface area contributed by atoms with Gasteiger partial charge in [-0.05, 0) is 67.2 Å². The molecule has 3 heteroatoms. The summed E-state index contributed by atoms with van der Waals surface area (Å²) in [5, 5.41) is 1.26. The molecule has 2 aliphatic carbocycles. The predicted octanol–water partition coefficient (Wildman–Crippen LogP) is 5.37. The Hall–Kier alpha value is -2.81. The summed E-state index contributed by atoms with van der Waals surface area (Å²) in [5.41, 5.74) is 4.35. The van der Waals surface area contributed by atoms with Crippen LogP contribution in [0.5, 0.6) is 0 Å². The van der Waals surface area contributed by atoms with Crippen molar-refractivity contribution in [2.75, 3.05) is 13.1 Å². The van der Waals surface area contributed by atoms with E-state index in [0.717, 1.165) is 42.1 Å². The molecule has 2 bridgehead atoms. The Bertz CT molecular complexity index is 1060. The van der Waals surface area contributed by atoms with Crippen molar-refractivity contribution in [3.63, 3.8) is 0 Å². The number of H-pyrrole nitrogens is 1. The van der Waals surface area contributed by atoms with Gasteiger partial charge >= 0.3 is 0 Å². The van der Waals surface area contributed by atoms with Gasteiger partial charge in [-0.15, -0.1) is 0 Å². The van der Waals surface area contributed by atoms with Crippen LogP contribution >= 0.6 is 0 Å². The van der Waals surface area contributed by atoms with E-state index in [0.29, 0.717) is 11.8 Å². The molecule has 0 spiro atoms. The lowest BCUT2D eigenvalue weighted by Crippen LogP contribution is -2.38. The van der Waals surface area contributed by atoms with Gasteiger partial charge in [0.25, 0.3) is 5.91 Å². The van der Waals surface area contributed by atoms with Crippen LogP contribution in [0.25, 0.3) is 10.9 Å². The van der Waals surface area contributed by atoms with Crippen molar-refractivity contribution in [2.45, 2.75) is 26.2 Å². The molecule has 2 aliphatic rings. The zero-order chi connectivity index (χ0) is 19.8. The van der Waals surface area contributed by atoms with Crippen LogP contribution in [0.15, 0.2) is 66.9 Å². The Morgan fingerprint density at radius 1 is 1.07 bits per heavy atom. The van der Waals surface area contributed by atoms with E-state index in [1.165, 1.54) is 23.8 Å². The van der Waals surface area contributed by atoms with Gasteiger partial charge in [-0.25, -0.2) is 0 Å². The molecule has 1 heterocycles. The minimum atomic E-state index is 0.176. The molecule has 1 fully saturated rings. The molecule has 1 saturated carbocycles. The zero-order valence-corrected chi connectivity index (χ0v) is 17.0. The summed E-state index contributed by atoms with van der Waals surface area (Å²) in [4.78, 5) is 19.0. The van der Waals surface area contributed by atoms with Crippen molar-refractivity contribution >= 4 is 16.8 Å². The van der Waals surface area contributed by atoms with Gasteiger partial charge in [0.05, 0.1) is 0 Å². The fourth-order valence-electron chi connectivity index (χ4n) is 5.24. The number of allylic oxidation sites excluding steroid dienone is 2. The summed E-state index contributed by atoms with van der Waals surface area (Å²) in [5.74, 6) is 2.16. The largest absolute Gasteiger partial charge is 0.361 e. The van der Waals surface area contributed by atoms with E-state index < -0.39 is 0 Å². The van der Waals surface area contributed by atoms with Crippen molar-refractivity contribution < 1.29 is 4.79 Å². The summed E-state index contributed by atoms with van der Waals surface area (Å²) < 4.78 is 0. The van der Waals surface area contributed by atoms with Gasteiger partial charge in [0.2, 0.25) is 0 Å². The maximum atomic E-state index is 13.5. The fraction of sp³-hybridized carbons (Fsp3) is 0.346. The molecule has 0 aliphatic heterocycles. The maximum absolute atomic E-state index is 13.5. The highest BCUT2D eigenvalue weighted by atomic mass is 16.2. The maximum Gasteiger partial charge on any atom is 0.254 e. The number of aromatic nitrogens is 1. The van der Waals surface area contributed by atoms with Crippen LogP contribution in [0.1, 0.15) is 34.3 Å². The topological polar surface area (TPSA) is 36.1 Å². The number of carbonyl (C=O) groups excluding carboxylic acids is 1. The van der Waals surface area contributed by atoms with Crippen LogP contribution in [-0.2, 0) is 6.42 Å². The number of benzene rings is 2. The van der Waals surface area contributed by atoms with Crippen molar-refractivity contribution in [1.82, 2.24) is 9.88 Å². The lowest BCUT2D eigenvalue weighted by Gasteiger charge is -2.29. The number of aryl methyl sites for hydroxylation is 1. The summed E-state index contributed by atoms with van der Waals surface area (Å²) in [6, 6.07) is 16.4. The fourth-order valence-corrected chi connectivity index (χ4v) is 5.24. The number of amides is 1. The quantitative estimate of drug-likeness (QED) is 0.570. The predicted molar refractivity (Wildman–Crippen MR) is 118 cm³/mol. The molecule has 1 aromatic heterocycles. The molecule has 3 atom stereocenters. The highest BCUT2D eigenvalue weighted by Crippen LogP contribution is 2.43. The SMILES string of the molecule is Cc1ccccc1C(=O)N(CCc1c[nH]c2ccccc12)CC1CC2C=CC1C2. The number of hydrogen-bond acceptors (Lipinski definition) is 1. The van der Waals surface area contributed by atoms with Gasteiger partial charge < -0.3 is 9.88 Å². The smallest absolute Gasteiger partial charge is 0.254 e. The van der Waals surface area contributed by atoms with Gasteiger partial charge in [0.1, 0.15) is 0 Å². The number of aromatic amines is 1. The van der Waals surface area contributed by atoms with Crippen LogP contribution < -0.4 is 0 Å². The Kier molecular flexibility index (Phi) is 4.75. The molecule has 5 rings (SSSR count). The van der Waals surface area contributed by atoms with E-state index in [1.54, 1.807) is 0 Å². The highest BCUT2D eigenvalue weighted by molar-refractivity contribution is 5.95. The van der Waals surface area contributed by atoms with E-state index in [1.807, 2.05) is 31.2 Å². The molecule has 0 radical (unpaired) electrons. The Balaban J connectivity index is 1.38. The second kappa shape index (κ2) is 7.55. The molecule has 0 saturated heterocycles. The second-order valence-electron chi connectivity index (χ2n) is 8.72. The third-order valence-electron chi connectivity index (χ3n) is 6.86. The van der Waals surface area contributed by atoms with Gasteiger partial charge in [0, 0.05) is 35.8 Å². The van der Waals surface area contributed by atoms with Crippen molar-refractivity contribution in [1.29, 1.82) is 0 Å². The molecule has 3 aromatic rings. The molecular weight excluding hydrogens is 356 g/mol. The van der Waals surface area contributed by atoms with Crippen LogP contribution in [0.2, 0.25) is 0 Å². The molecule has 1 N–H and O–H groups in total. The number of para-hydroxylation sites is 1. The van der Waals surface area contributed by atoms with E-state index in [2.05, 4.69) is 52.5 Å². The second-order valence-corrected chi connectivity index (χ2v) is 8.72. The molecule has 29 heavy (non-hydrogen) atoms. The van der Waals surface area contributed by atoms with Gasteiger partial charge in [-0.1, -0.05) is 48.6 Å². The van der Waals surface area contributed by atoms with Crippen molar-refractivity contribution in [3.05, 3.63) is 83.6 Å². The monoisotopic (exact) mass is 384 g/mol. The molecular formula is C26H28N2O. The summed E-state index contributed by atoms with van der Waals surface area (Å²) in [7, 11) is 0. The number of nitrogens with zero attached hydrogens (tertiary/aromatic N) is 1. The van der Waals surface area contributed by atoms with Crippen LogP contribution in [-0.4, -0.2) is 28.9 Å². The first-order valence-electron chi connectivity index (χ1n) is 10.8. The van der Waals surface area contributed by atoms with E-state index >= 15 is 0 Å². The van der Waals surface area contributed by atoms with Crippen LogP contribution in [0, 0.1) is 24.7 Å². The highest BCUT2D eigenvalue weighted by Gasteiger charge is 2.37. The molecule has 3 unspecified atom stereocenters. The van der Waals surface area contributed by atoms with Gasteiger partial charge in [0.15, 0.2) is 0 Å². The average Bonchev–Trinajstić information content (AvgIpc) is 3.47. The number of hydrogen-bond donors (Lipinski definition) is 1. The molecule has 148 valence electrons. The first kappa shape index (κ1) is 18.2.